The van der Waals surface area contributed by atoms with Gasteiger partial charge in [0, 0.05) is 0 Å². The molecule has 26 heavy (non-hydrogen) atoms. The van der Waals surface area contributed by atoms with Crippen molar-refractivity contribution in [2.45, 2.75) is 12.1 Å². The molecule has 0 bridgehead atoms. The third kappa shape index (κ3) is 3.75. The molecule has 3 amide bonds. The lowest BCUT2D eigenvalue weighted by atomic mass is 10.2. The van der Waals surface area contributed by atoms with Crippen LogP contribution in [0.3, 0.4) is 0 Å². The van der Waals surface area contributed by atoms with Crippen molar-refractivity contribution in [3.63, 3.8) is 0 Å². The smallest absolute Gasteiger partial charge is 0.318 e. The number of urea groups is 1. The van der Waals surface area contributed by atoms with Crippen molar-refractivity contribution in [1.82, 2.24) is 14.9 Å². The van der Waals surface area contributed by atoms with E-state index in [1.165, 1.54) is 4.57 Å². The molecule has 3 rings (SSSR count). The Morgan fingerprint density at radius 3 is 2.54 bits per heavy atom. The number of para-hydroxylation sites is 1. The van der Waals surface area contributed by atoms with E-state index in [2.05, 4.69) is 4.98 Å². The van der Waals surface area contributed by atoms with Crippen LogP contribution in [0.1, 0.15) is 5.56 Å². The van der Waals surface area contributed by atoms with Crippen molar-refractivity contribution in [2.75, 3.05) is 5.75 Å². The molecule has 0 fully saturated rings. The number of rotatable bonds is 4. The second-order valence-corrected chi connectivity index (χ2v) is 6.53. The van der Waals surface area contributed by atoms with Crippen molar-refractivity contribution in [1.29, 1.82) is 0 Å². The maximum absolute atomic E-state index is 13.0. The van der Waals surface area contributed by atoms with E-state index >= 15 is 0 Å². The van der Waals surface area contributed by atoms with Gasteiger partial charge in [0.25, 0.3) is 5.56 Å². The number of nitrogens with one attached hydrogen (secondary N) is 1. The summed E-state index contributed by atoms with van der Waals surface area (Å²) in [4.78, 5) is 40.0. The number of aryl methyl sites for hydroxylation is 1. The van der Waals surface area contributed by atoms with Crippen LogP contribution in [0.25, 0.3) is 16.6 Å². The normalized spacial score (nSPS) is 10.7. The summed E-state index contributed by atoms with van der Waals surface area (Å²) < 4.78 is 1.46. The summed E-state index contributed by atoms with van der Waals surface area (Å²) in [6.07, 6.45) is 0. The number of amides is 3. The minimum Gasteiger partial charge on any atom is -0.351 e. The number of nitrogens with zero attached hydrogens (tertiary/aromatic N) is 2. The van der Waals surface area contributed by atoms with Gasteiger partial charge in [-0.3, -0.25) is 19.5 Å². The number of primary amides is 1. The number of benzene rings is 2. The minimum absolute atomic E-state index is 0.0976. The number of imide groups is 1. The molecule has 1 heterocycles. The Morgan fingerprint density at radius 2 is 1.85 bits per heavy atom. The van der Waals surface area contributed by atoms with Gasteiger partial charge in [0.2, 0.25) is 5.91 Å². The molecule has 0 aliphatic carbocycles. The molecule has 0 radical (unpaired) electrons. The second-order valence-electron chi connectivity index (χ2n) is 5.59. The maximum atomic E-state index is 13.0. The highest BCUT2D eigenvalue weighted by Crippen LogP contribution is 2.21. The molecule has 7 nitrogen and oxygen atoms in total. The first-order chi connectivity index (χ1) is 12.5. The van der Waals surface area contributed by atoms with Gasteiger partial charge in [-0.2, -0.15) is 0 Å². The topological polar surface area (TPSA) is 107 Å². The Kier molecular flexibility index (Phi) is 5.04. The zero-order valence-corrected chi connectivity index (χ0v) is 14.7. The summed E-state index contributed by atoms with van der Waals surface area (Å²) in [7, 11) is 0. The number of carbonyl (C=O) groups excluding carboxylic acids is 2. The van der Waals surface area contributed by atoms with Gasteiger partial charge in [-0.25, -0.2) is 9.78 Å². The van der Waals surface area contributed by atoms with Crippen LogP contribution in [0, 0.1) is 6.92 Å². The minimum atomic E-state index is -0.919. The van der Waals surface area contributed by atoms with Gasteiger partial charge in [0.05, 0.1) is 22.3 Å². The van der Waals surface area contributed by atoms with Gasteiger partial charge in [-0.05, 0) is 31.2 Å². The molecule has 3 aromatic rings. The maximum Gasteiger partial charge on any atom is 0.318 e. The third-order valence-electron chi connectivity index (χ3n) is 3.63. The van der Waals surface area contributed by atoms with Crippen molar-refractivity contribution in [3.05, 3.63) is 64.4 Å². The van der Waals surface area contributed by atoms with E-state index in [1.54, 1.807) is 24.3 Å². The number of hydrogen-bond donors (Lipinski definition) is 2. The summed E-state index contributed by atoms with van der Waals surface area (Å²) in [5, 5.41) is 2.84. The average Bonchev–Trinajstić information content (AvgIpc) is 2.61. The largest absolute Gasteiger partial charge is 0.351 e. The van der Waals surface area contributed by atoms with E-state index in [0.717, 1.165) is 17.3 Å². The number of hydrogen-bond acceptors (Lipinski definition) is 5. The molecule has 8 heteroatoms. The molecule has 0 aliphatic rings. The van der Waals surface area contributed by atoms with Gasteiger partial charge in [0.1, 0.15) is 0 Å². The highest BCUT2D eigenvalue weighted by atomic mass is 32.2. The lowest BCUT2D eigenvalue weighted by molar-refractivity contribution is -0.117. The monoisotopic (exact) mass is 368 g/mol. The van der Waals surface area contributed by atoms with Crippen LogP contribution in [-0.4, -0.2) is 27.2 Å². The fraction of sp³-hybridized carbons (Fsp3) is 0.111. The lowest BCUT2D eigenvalue weighted by Crippen LogP contribution is -2.36. The first kappa shape index (κ1) is 17.7. The number of nitrogens with two attached hydrogens (primary N) is 1. The van der Waals surface area contributed by atoms with Gasteiger partial charge in [-0.15, -0.1) is 0 Å². The molecule has 0 atom stereocenters. The Hall–Kier alpha value is -3.13. The SMILES string of the molecule is Cc1ccc(-n2c(SCC(=O)NC(N)=O)nc3ccccc3c2=O)cc1. The quantitative estimate of drug-likeness (QED) is 0.541. The van der Waals surface area contributed by atoms with Crippen molar-refractivity contribution >= 4 is 34.6 Å². The van der Waals surface area contributed by atoms with Crippen LogP contribution in [0.2, 0.25) is 0 Å². The van der Waals surface area contributed by atoms with Gasteiger partial charge < -0.3 is 5.73 Å². The molecule has 0 unspecified atom stereocenters. The molecule has 0 saturated carbocycles. The van der Waals surface area contributed by atoms with E-state index in [4.69, 9.17) is 5.73 Å². The van der Waals surface area contributed by atoms with Crippen LogP contribution < -0.4 is 16.6 Å². The van der Waals surface area contributed by atoms with Crippen LogP contribution in [-0.2, 0) is 4.79 Å². The number of fused-ring (bicyclic) bond motifs is 1. The van der Waals surface area contributed by atoms with Crippen LogP contribution in [0.4, 0.5) is 4.79 Å². The Labute approximate surface area is 153 Å². The van der Waals surface area contributed by atoms with Crippen molar-refractivity contribution in [2.24, 2.45) is 5.73 Å². The molecule has 2 aromatic carbocycles. The van der Waals surface area contributed by atoms with Gasteiger partial charge >= 0.3 is 6.03 Å². The molecular formula is C18H16N4O3S. The number of aromatic nitrogens is 2. The summed E-state index contributed by atoms with van der Waals surface area (Å²) >= 11 is 1.06. The molecule has 0 spiro atoms. The van der Waals surface area contributed by atoms with E-state index in [9.17, 15) is 14.4 Å². The number of carbonyl (C=O) groups is 2. The van der Waals surface area contributed by atoms with Crippen LogP contribution in [0.15, 0.2) is 58.5 Å². The molecule has 3 N–H and O–H groups in total. The van der Waals surface area contributed by atoms with Gasteiger partial charge in [0.15, 0.2) is 5.16 Å². The third-order valence-corrected chi connectivity index (χ3v) is 4.57. The highest BCUT2D eigenvalue weighted by molar-refractivity contribution is 7.99. The molecular weight excluding hydrogens is 352 g/mol. The Morgan fingerprint density at radius 1 is 1.15 bits per heavy atom. The van der Waals surface area contributed by atoms with Crippen LogP contribution in [0.5, 0.6) is 0 Å². The lowest BCUT2D eigenvalue weighted by Gasteiger charge is -2.13. The highest BCUT2D eigenvalue weighted by Gasteiger charge is 2.15. The zero-order chi connectivity index (χ0) is 18.7. The standard InChI is InChI=1S/C18H16N4O3S/c1-11-6-8-12(9-7-11)22-16(24)13-4-2-3-5-14(13)20-18(22)26-10-15(23)21-17(19)25/h2-9H,10H2,1H3,(H3,19,21,23,25). The van der Waals surface area contributed by atoms with Crippen molar-refractivity contribution in [3.8, 4) is 5.69 Å². The van der Waals surface area contributed by atoms with Crippen molar-refractivity contribution < 1.29 is 9.59 Å². The molecule has 0 aliphatic heterocycles. The molecule has 1 aromatic heterocycles. The summed E-state index contributed by atoms with van der Waals surface area (Å²) in [5.41, 5.74) is 6.97. The van der Waals surface area contributed by atoms with E-state index in [0.29, 0.717) is 21.7 Å². The average molecular weight is 368 g/mol. The fourth-order valence-corrected chi connectivity index (χ4v) is 3.25. The van der Waals surface area contributed by atoms with E-state index < -0.39 is 11.9 Å². The predicted molar refractivity (Wildman–Crippen MR) is 101 cm³/mol. The van der Waals surface area contributed by atoms with E-state index in [-0.39, 0.29) is 11.3 Å². The van der Waals surface area contributed by atoms with E-state index in [1.807, 2.05) is 36.5 Å². The fourth-order valence-electron chi connectivity index (χ4n) is 2.43. The Balaban J connectivity index is 2.09. The summed E-state index contributed by atoms with van der Waals surface area (Å²) in [6.45, 7) is 1.95. The predicted octanol–water partition coefficient (Wildman–Crippen LogP) is 1.98. The zero-order valence-electron chi connectivity index (χ0n) is 13.9. The first-order valence-corrected chi connectivity index (χ1v) is 8.75. The summed E-state index contributed by atoms with van der Waals surface area (Å²) in [5.74, 6) is -0.653. The summed E-state index contributed by atoms with van der Waals surface area (Å²) in [6, 6.07) is 13.5. The van der Waals surface area contributed by atoms with Gasteiger partial charge in [-0.1, -0.05) is 41.6 Å². The molecule has 132 valence electrons. The first-order valence-electron chi connectivity index (χ1n) is 7.76. The molecule has 0 saturated heterocycles. The second kappa shape index (κ2) is 7.40. The Bertz CT molecular complexity index is 1040. The van der Waals surface area contributed by atoms with Crippen LogP contribution >= 0.6 is 11.8 Å². The number of thioether (sulfide) groups is 1.